The first-order valence-corrected chi connectivity index (χ1v) is 6.70. The first-order valence-electron chi connectivity index (χ1n) is 6.70. The van der Waals surface area contributed by atoms with Crippen molar-refractivity contribution < 1.29 is 19.9 Å². The van der Waals surface area contributed by atoms with Gasteiger partial charge in [-0.05, 0) is 24.5 Å². The summed E-state index contributed by atoms with van der Waals surface area (Å²) in [4.78, 5) is 20.8. The van der Waals surface area contributed by atoms with Crippen LogP contribution in [0.15, 0.2) is 24.3 Å². The number of aliphatic hydroxyl groups is 1. The van der Waals surface area contributed by atoms with Crippen LogP contribution in [0.1, 0.15) is 26.7 Å². The summed E-state index contributed by atoms with van der Waals surface area (Å²) < 4.78 is 0. The minimum atomic E-state index is -1.07. The fourth-order valence-electron chi connectivity index (χ4n) is 2.03. The Hall–Kier alpha value is -2.15. The van der Waals surface area contributed by atoms with Crippen LogP contribution in [0.2, 0.25) is 0 Å². The summed E-state index contributed by atoms with van der Waals surface area (Å²) in [5.74, 6) is -0.800. The van der Waals surface area contributed by atoms with Gasteiger partial charge in [0.05, 0.1) is 23.5 Å². The lowest BCUT2D eigenvalue weighted by Gasteiger charge is -2.25. The van der Waals surface area contributed by atoms with E-state index in [1.807, 2.05) is 13.8 Å². The SMILES string of the molecule is CC(C)C[C@H](Nc1ccc([N+](=O)[O-])cc1)[C@@H](O)CC(=O)O. The first-order chi connectivity index (χ1) is 9.79. The summed E-state index contributed by atoms with van der Waals surface area (Å²) in [5.41, 5.74) is 0.586. The smallest absolute Gasteiger partial charge is 0.306 e. The highest BCUT2D eigenvalue weighted by Gasteiger charge is 2.23. The minimum absolute atomic E-state index is 0.0213. The predicted octanol–water partition coefficient (Wildman–Crippen LogP) is 2.26. The van der Waals surface area contributed by atoms with Crippen LogP contribution < -0.4 is 5.32 Å². The third-order valence-electron chi connectivity index (χ3n) is 3.00. The number of carboxylic acid groups (broad SMARTS) is 1. The molecule has 116 valence electrons. The number of nitrogens with one attached hydrogen (secondary N) is 1. The van der Waals surface area contributed by atoms with Gasteiger partial charge in [-0.1, -0.05) is 13.8 Å². The molecular formula is C14H20N2O5. The Balaban J connectivity index is 2.79. The van der Waals surface area contributed by atoms with Gasteiger partial charge in [0.15, 0.2) is 0 Å². The number of nitro groups is 1. The number of non-ortho nitro benzene ring substituents is 1. The zero-order valence-electron chi connectivity index (χ0n) is 12.0. The molecule has 2 atom stereocenters. The average Bonchev–Trinajstić information content (AvgIpc) is 2.37. The Bertz CT molecular complexity index is 487. The molecule has 0 unspecified atom stereocenters. The van der Waals surface area contributed by atoms with Gasteiger partial charge in [0.1, 0.15) is 0 Å². The number of carboxylic acids is 1. The van der Waals surface area contributed by atoms with E-state index in [0.717, 1.165) is 0 Å². The number of benzene rings is 1. The number of carbonyl (C=O) groups is 1. The molecule has 1 aromatic rings. The fourth-order valence-corrected chi connectivity index (χ4v) is 2.03. The van der Waals surface area contributed by atoms with Gasteiger partial charge in [-0.15, -0.1) is 0 Å². The molecule has 0 amide bonds. The fraction of sp³-hybridized carbons (Fsp3) is 0.500. The average molecular weight is 296 g/mol. The van der Waals surface area contributed by atoms with Crippen LogP contribution in [0.4, 0.5) is 11.4 Å². The van der Waals surface area contributed by atoms with Gasteiger partial charge in [-0.25, -0.2) is 0 Å². The van der Waals surface area contributed by atoms with E-state index in [1.54, 1.807) is 12.1 Å². The van der Waals surface area contributed by atoms with Crippen molar-refractivity contribution in [1.82, 2.24) is 0 Å². The van der Waals surface area contributed by atoms with Crippen molar-refractivity contribution in [1.29, 1.82) is 0 Å². The van der Waals surface area contributed by atoms with E-state index in [0.29, 0.717) is 12.1 Å². The van der Waals surface area contributed by atoms with Crippen molar-refractivity contribution in [3.63, 3.8) is 0 Å². The first kappa shape index (κ1) is 16.9. The third kappa shape index (κ3) is 5.78. The maximum atomic E-state index is 10.7. The van der Waals surface area contributed by atoms with E-state index < -0.39 is 23.0 Å². The Kier molecular flexibility index (Phi) is 6.10. The van der Waals surface area contributed by atoms with Crippen LogP contribution in [0.25, 0.3) is 0 Å². The maximum absolute atomic E-state index is 10.7. The molecule has 0 radical (unpaired) electrons. The molecule has 0 bridgehead atoms. The van der Waals surface area contributed by atoms with Crippen molar-refractivity contribution in [3.8, 4) is 0 Å². The Labute approximate surface area is 122 Å². The van der Waals surface area contributed by atoms with Crippen LogP contribution in [-0.4, -0.2) is 33.3 Å². The van der Waals surface area contributed by atoms with Gasteiger partial charge >= 0.3 is 5.97 Å². The molecule has 0 aliphatic carbocycles. The third-order valence-corrected chi connectivity index (χ3v) is 3.00. The molecule has 3 N–H and O–H groups in total. The van der Waals surface area contributed by atoms with Crippen molar-refractivity contribution in [3.05, 3.63) is 34.4 Å². The summed E-state index contributed by atoms with van der Waals surface area (Å²) in [6.07, 6.45) is -0.789. The summed E-state index contributed by atoms with van der Waals surface area (Å²) in [6, 6.07) is 5.37. The number of rotatable bonds is 8. The molecule has 1 rings (SSSR count). The van der Waals surface area contributed by atoms with Crippen LogP contribution >= 0.6 is 0 Å². The number of nitrogens with zero attached hydrogens (tertiary/aromatic N) is 1. The summed E-state index contributed by atoms with van der Waals surface area (Å²) >= 11 is 0. The lowest BCUT2D eigenvalue weighted by molar-refractivity contribution is -0.384. The van der Waals surface area contributed by atoms with Gasteiger partial charge in [-0.2, -0.15) is 0 Å². The molecule has 0 fully saturated rings. The molecule has 7 nitrogen and oxygen atoms in total. The van der Waals surface area contributed by atoms with Gasteiger partial charge in [-0.3, -0.25) is 14.9 Å². The van der Waals surface area contributed by atoms with E-state index in [-0.39, 0.29) is 18.0 Å². The van der Waals surface area contributed by atoms with Crippen LogP contribution in [-0.2, 0) is 4.79 Å². The van der Waals surface area contributed by atoms with Gasteiger partial charge in [0.25, 0.3) is 5.69 Å². The highest BCUT2D eigenvalue weighted by molar-refractivity contribution is 5.67. The minimum Gasteiger partial charge on any atom is -0.481 e. The number of anilines is 1. The number of nitro benzene ring substituents is 1. The molecule has 1 aromatic carbocycles. The second kappa shape index (κ2) is 7.58. The second-order valence-corrected chi connectivity index (χ2v) is 5.35. The molecule has 7 heteroatoms. The van der Waals surface area contributed by atoms with E-state index >= 15 is 0 Å². The lowest BCUT2D eigenvalue weighted by atomic mass is 9.97. The summed E-state index contributed by atoms with van der Waals surface area (Å²) in [6.45, 7) is 3.94. The molecular weight excluding hydrogens is 276 g/mol. The number of aliphatic hydroxyl groups excluding tert-OH is 1. The van der Waals surface area contributed by atoms with Crippen LogP contribution in [0.3, 0.4) is 0 Å². The molecule has 0 saturated carbocycles. The van der Waals surface area contributed by atoms with Crippen LogP contribution in [0, 0.1) is 16.0 Å². The zero-order valence-corrected chi connectivity index (χ0v) is 12.0. The second-order valence-electron chi connectivity index (χ2n) is 5.35. The van der Waals surface area contributed by atoms with Gasteiger partial charge < -0.3 is 15.5 Å². The van der Waals surface area contributed by atoms with Gasteiger partial charge in [0, 0.05) is 17.8 Å². The molecule has 0 aromatic heterocycles. The zero-order chi connectivity index (χ0) is 16.0. The standard InChI is InChI=1S/C14H20N2O5/c1-9(2)7-12(13(17)8-14(18)19)15-10-3-5-11(6-4-10)16(20)21/h3-6,9,12-13,15,17H,7-8H2,1-2H3,(H,18,19)/t12-,13-/m0/s1. The molecule has 21 heavy (non-hydrogen) atoms. The van der Waals surface area contributed by atoms with Crippen molar-refractivity contribution >= 4 is 17.3 Å². The normalized spacial score (nSPS) is 13.7. The predicted molar refractivity (Wildman–Crippen MR) is 78.2 cm³/mol. The Morgan fingerprint density at radius 1 is 1.33 bits per heavy atom. The summed E-state index contributed by atoms with van der Waals surface area (Å²) in [5, 5.41) is 32.4. The molecule has 0 saturated heterocycles. The number of hydrogen-bond donors (Lipinski definition) is 3. The lowest BCUT2D eigenvalue weighted by Crippen LogP contribution is -2.36. The van der Waals surface area contributed by atoms with Crippen LogP contribution in [0.5, 0.6) is 0 Å². The summed E-state index contributed by atoms with van der Waals surface area (Å²) in [7, 11) is 0. The highest BCUT2D eigenvalue weighted by atomic mass is 16.6. The van der Waals surface area contributed by atoms with E-state index in [4.69, 9.17) is 5.11 Å². The number of aliphatic carboxylic acids is 1. The topological polar surface area (TPSA) is 113 Å². The van der Waals surface area contributed by atoms with E-state index in [2.05, 4.69) is 5.32 Å². The number of hydrogen-bond acceptors (Lipinski definition) is 5. The monoisotopic (exact) mass is 296 g/mol. The largest absolute Gasteiger partial charge is 0.481 e. The molecule has 0 spiro atoms. The molecule has 0 aliphatic rings. The van der Waals surface area contributed by atoms with Crippen molar-refractivity contribution in [2.45, 2.75) is 38.8 Å². The Morgan fingerprint density at radius 2 is 1.90 bits per heavy atom. The molecule has 0 heterocycles. The Morgan fingerprint density at radius 3 is 2.33 bits per heavy atom. The van der Waals surface area contributed by atoms with E-state index in [9.17, 15) is 20.0 Å². The quantitative estimate of drug-likeness (QED) is 0.501. The highest BCUT2D eigenvalue weighted by Crippen LogP contribution is 2.20. The van der Waals surface area contributed by atoms with Crippen molar-refractivity contribution in [2.75, 3.05) is 5.32 Å². The van der Waals surface area contributed by atoms with Crippen molar-refractivity contribution in [2.24, 2.45) is 5.92 Å². The van der Waals surface area contributed by atoms with Gasteiger partial charge in [0.2, 0.25) is 0 Å². The molecule has 0 aliphatic heterocycles. The maximum Gasteiger partial charge on any atom is 0.306 e. The van der Waals surface area contributed by atoms with E-state index in [1.165, 1.54) is 12.1 Å².